The van der Waals surface area contributed by atoms with E-state index in [0.29, 0.717) is 12.3 Å². The number of hydrogen-bond donors (Lipinski definition) is 1. The molecule has 4 heteroatoms. The van der Waals surface area contributed by atoms with Crippen molar-refractivity contribution in [2.45, 2.75) is 46.0 Å². The Bertz CT molecular complexity index is 479. The molecule has 0 aromatic heterocycles. The quantitative estimate of drug-likeness (QED) is 0.755. The van der Waals surface area contributed by atoms with E-state index >= 15 is 0 Å². The van der Waals surface area contributed by atoms with E-state index in [-0.39, 0.29) is 0 Å². The average molecular weight is 332 g/mol. The van der Waals surface area contributed by atoms with Crippen molar-refractivity contribution in [3.8, 4) is 5.75 Å². The molecule has 0 spiro atoms. The van der Waals surface area contributed by atoms with Gasteiger partial charge in [-0.05, 0) is 62.4 Å². The van der Waals surface area contributed by atoms with E-state index in [1.165, 1.54) is 5.56 Å². The number of carbonyl (C=O) groups is 1. The minimum Gasteiger partial charge on any atom is -0.494 e. The molecular formula is C20H32N2O2. The molecule has 1 heterocycles. The van der Waals surface area contributed by atoms with Gasteiger partial charge in [-0.25, -0.2) is 0 Å². The standard InChI is InChI=1S/C20H32N2O2/c1-3-15-24-19-8-5-17(6-9-19)7-10-20(23)22-13-11-18(12-14-22)16-21-4-2/h5-6,8-9,18,21H,3-4,7,10-16H2,1-2H3. The Labute approximate surface area is 146 Å². The molecule has 0 saturated carbocycles. The number of aryl methyl sites for hydroxylation is 1. The van der Waals surface area contributed by atoms with Gasteiger partial charge in [0, 0.05) is 19.5 Å². The zero-order valence-electron chi connectivity index (χ0n) is 15.2. The average Bonchev–Trinajstić information content (AvgIpc) is 2.64. The van der Waals surface area contributed by atoms with Gasteiger partial charge in [-0.3, -0.25) is 4.79 Å². The van der Waals surface area contributed by atoms with Crippen molar-refractivity contribution in [2.75, 3.05) is 32.8 Å². The number of piperidine rings is 1. The van der Waals surface area contributed by atoms with Gasteiger partial charge < -0.3 is 15.0 Å². The first-order chi connectivity index (χ1) is 11.7. The number of nitrogens with one attached hydrogen (secondary N) is 1. The van der Waals surface area contributed by atoms with Crippen LogP contribution in [0.25, 0.3) is 0 Å². The zero-order valence-corrected chi connectivity index (χ0v) is 15.2. The maximum atomic E-state index is 12.4. The summed E-state index contributed by atoms with van der Waals surface area (Å²) in [5, 5.41) is 3.41. The summed E-state index contributed by atoms with van der Waals surface area (Å²) in [6.07, 6.45) is 4.68. The van der Waals surface area contributed by atoms with E-state index in [1.54, 1.807) is 0 Å². The van der Waals surface area contributed by atoms with Crippen LogP contribution in [0.4, 0.5) is 0 Å². The Balaban J connectivity index is 1.69. The summed E-state index contributed by atoms with van der Waals surface area (Å²) in [5.41, 5.74) is 1.20. The van der Waals surface area contributed by atoms with Gasteiger partial charge in [-0.1, -0.05) is 26.0 Å². The Morgan fingerprint density at radius 1 is 1.21 bits per heavy atom. The molecule has 0 atom stereocenters. The van der Waals surface area contributed by atoms with Crippen molar-refractivity contribution in [3.05, 3.63) is 29.8 Å². The summed E-state index contributed by atoms with van der Waals surface area (Å²) < 4.78 is 5.59. The normalized spacial score (nSPS) is 15.5. The molecule has 0 unspecified atom stereocenters. The SMILES string of the molecule is CCCOc1ccc(CCC(=O)N2CCC(CNCC)CC2)cc1. The molecule has 134 valence electrons. The Morgan fingerprint density at radius 2 is 1.92 bits per heavy atom. The summed E-state index contributed by atoms with van der Waals surface area (Å²) in [7, 11) is 0. The topological polar surface area (TPSA) is 41.6 Å². The monoisotopic (exact) mass is 332 g/mol. The Hall–Kier alpha value is -1.55. The fraction of sp³-hybridized carbons (Fsp3) is 0.650. The molecule has 1 aliphatic rings. The Morgan fingerprint density at radius 3 is 2.54 bits per heavy atom. The molecule has 1 saturated heterocycles. The van der Waals surface area contributed by atoms with Crippen LogP contribution in [-0.4, -0.2) is 43.6 Å². The second-order valence-electron chi connectivity index (χ2n) is 6.62. The molecule has 0 bridgehead atoms. The van der Waals surface area contributed by atoms with Crippen LogP contribution in [0, 0.1) is 5.92 Å². The smallest absolute Gasteiger partial charge is 0.222 e. The van der Waals surface area contributed by atoms with Crippen LogP contribution in [-0.2, 0) is 11.2 Å². The molecule has 0 aliphatic carbocycles. The van der Waals surface area contributed by atoms with E-state index in [9.17, 15) is 4.79 Å². The summed E-state index contributed by atoms with van der Waals surface area (Å²) in [6, 6.07) is 8.14. The van der Waals surface area contributed by atoms with Gasteiger partial charge in [0.25, 0.3) is 0 Å². The second-order valence-corrected chi connectivity index (χ2v) is 6.62. The maximum absolute atomic E-state index is 12.4. The highest BCUT2D eigenvalue weighted by atomic mass is 16.5. The predicted octanol–water partition coefficient (Wildman–Crippen LogP) is 3.26. The van der Waals surface area contributed by atoms with Gasteiger partial charge >= 0.3 is 0 Å². The van der Waals surface area contributed by atoms with Gasteiger partial charge in [0.05, 0.1) is 6.61 Å². The predicted molar refractivity (Wildman–Crippen MR) is 98.4 cm³/mol. The molecule has 1 amide bonds. The minimum atomic E-state index is 0.295. The molecule has 0 radical (unpaired) electrons. The summed E-state index contributed by atoms with van der Waals surface area (Å²) >= 11 is 0. The van der Waals surface area contributed by atoms with Crippen LogP contribution in [0.3, 0.4) is 0 Å². The molecule has 2 rings (SSSR count). The Kier molecular flexibility index (Phi) is 8.10. The fourth-order valence-corrected chi connectivity index (χ4v) is 3.12. The summed E-state index contributed by atoms with van der Waals surface area (Å²) in [4.78, 5) is 14.4. The van der Waals surface area contributed by atoms with Crippen molar-refractivity contribution in [1.29, 1.82) is 0 Å². The fourth-order valence-electron chi connectivity index (χ4n) is 3.12. The van der Waals surface area contributed by atoms with Gasteiger partial charge in [-0.15, -0.1) is 0 Å². The van der Waals surface area contributed by atoms with Crippen molar-refractivity contribution in [3.63, 3.8) is 0 Å². The summed E-state index contributed by atoms with van der Waals surface area (Å²) in [6.45, 7) is 8.94. The van der Waals surface area contributed by atoms with Crippen LogP contribution < -0.4 is 10.1 Å². The van der Waals surface area contributed by atoms with Gasteiger partial charge in [0.2, 0.25) is 5.91 Å². The molecule has 1 N–H and O–H groups in total. The number of nitrogens with zero attached hydrogens (tertiary/aromatic N) is 1. The molecule has 1 aromatic rings. The highest BCUT2D eigenvalue weighted by molar-refractivity contribution is 5.76. The number of likely N-dealkylation sites (tertiary alicyclic amines) is 1. The zero-order chi connectivity index (χ0) is 17.2. The van der Waals surface area contributed by atoms with E-state index in [2.05, 4.69) is 31.3 Å². The third-order valence-corrected chi connectivity index (χ3v) is 4.67. The van der Waals surface area contributed by atoms with E-state index in [0.717, 1.165) is 70.1 Å². The van der Waals surface area contributed by atoms with Crippen LogP contribution >= 0.6 is 0 Å². The van der Waals surface area contributed by atoms with Crippen molar-refractivity contribution >= 4 is 5.91 Å². The molecular weight excluding hydrogens is 300 g/mol. The largest absolute Gasteiger partial charge is 0.494 e. The van der Waals surface area contributed by atoms with Crippen LogP contribution in [0.2, 0.25) is 0 Å². The van der Waals surface area contributed by atoms with Gasteiger partial charge in [0.15, 0.2) is 0 Å². The van der Waals surface area contributed by atoms with Crippen molar-refractivity contribution in [2.24, 2.45) is 5.92 Å². The van der Waals surface area contributed by atoms with Crippen molar-refractivity contribution in [1.82, 2.24) is 10.2 Å². The molecule has 4 nitrogen and oxygen atoms in total. The molecule has 1 aliphatic heterocycles. The molecule has 1 fully saturated rings. The minimum absolute atomic E-state index is 0.295. The third-order valence-electron chi connectivity index (χ3n) is 4.67. The number of rotatable bonds is 9. The van der Waals surface area contributed by atoms with E-state index < -0.39 is 0 Å². The first kappa shape index (κ1) is 18.8. The van der Waals surface area contributed by atoms with Crippen LogP contribution in [0.1, 0.15) is 45.1 Å². The van der Waals surface area contributed by atoms with Crippen LogP contribution in [0.15, 0.2) is 24.3 Å². The number of amides is 1. The number of hydrogen-bond acceptors (Lipinski definition) is 3. The molecule has 24 heavy (non-hydrogen) atoms. The lowest BCUT2D eigenvalue weighted by Crippen LogP contribution is -2.40. The lowest BCUT2D eigenvalue weighted by molar-refractivity contribution is -0.132. The third kappa shape index (κ3) is 6.16. The lowest BCUT2D eigenvalue weighted by Gasteiger charge is -2.32. The maximum Gasteiger partial charge on any atom is 0.222 e. The lowest BCUT2D eigenvalue weighted by atomic mass is 9.96. The van der Waals surface area contributed by atoms with Gasteiger partial charge in [0.1, 0.15) is 5.75 Å². The first-order valence-electron chi connectivity index (χ1n) is 9.43. The van der Waals surface area contributed by atoms with E-state index in [1.807, 2.05) is 17.0 Å². The van der Waals surface area contributed by atoms with Crippen molar-refractivity contribution < 1.29 is 9.53 Å². The highest BCUT2D eigenvalue weighted by Crippen LogP contribution is 2.18. The number of carbonyl (C=O) groups excluding carboxylic acids is 1. The summed E-state index contributed by atoms with van der Waals surface area (Å²) in [5.74, 6) is 1.93. The number of ether oxygens (including phenoxy) is 1. The van der Waals surface area contributed by atoms with Gasteiger partial charge in [-0.2, -0.15) is 0 Å². The van der Waals surface area contributed by atoms with E-state index in [4.69, 9.17) is 4.74 Å². The molecule has 1 aromatic carbocycles. The number of benzene rings is 1. The highest BCUT2D eigenvalue weighted by Gasteiger charge is 2.22. The van der Waals surface area contributed by atoms with Crippen LogP contribution in [0.5, 0.6) is 5.75 Å². The first-order valence-corrected chi connectivity index (χ1v) is 9.43. The second kappa shape index (κ2) is 10.3.